The zero-order valence-corrected chi connectivity index (χ0v) is 22.7. The molecule has 196 valence electrons. The Morgan fingerprint density at radius 3 is 2.49 bits per heavy atom. The number of carbonyl (C=O) groups excluding carboxylic acids is 2. The van der Waals surface area contributed by atoms with E-state index in [1.807, 2.05) is 36.4 Å². The minimum atomic E-state index is -1.18. The summed E-state index contributed by atoms with van der Waals surface area (Å²) in [4.78, 5) is 48.7. The Balaban J connectivity index is 1.53. The minimum Gasteiger partial charge on any atom is -0.297 e. The van der Waals surface area contributed by atoms with Gasteiger partial charge in [0.25, 0.3) is 5.56 Å². The van der Waals surface area contributed by atoms with E-state index in [2.05, 4.69) is 19.2 Å². The number of rotatable bonds is 3. The number of aromatic nitrogens is 2. The van der Waals surface area contributed by atoms with Crippen LogP contribution in [0.25, 0.3) is 16.6 Å². The SMILES string of the molecule is CC(C)C[C@H]1N[C@]2(c3ccccc3-n3c2nc2ccccc2c3=O)[C@H]2C(=O)N(c3cc(Cl)ccc3Cl)C(=O)[C@@H]12. The van der Waals surface area contributed by atoms with Crippen molar-refractivity contribution in [3.8, 4) is 5.69 Å². The van der Waals surface area contributed by atoms with Gasteiger partial charge in [-0.05, 0) is 48.7 Å². The van der Waals surface area contributed by atoms with E-state index in [1.54, 1.807) is 34.9 Å². The van der Waals surface area contributed by atoms with Gasteiger partial charge < -0.3 is 0 Å². The monoisotopic (exact) mass is 558 g/mol. The number of hydrogen-bond donors (Lipinski definition) is 1. The number of anilines is 1. The van der Waals surface area contributed by atoms with Crippen molar-refractivity contribution in [3.63, 3.8) is 0 Å². The molecule has 3 aliphatic heterocycles. The van der Waals surface area contributed by atoms with Crippen LogP contribution < -0.4 is 15.8 Å². The Morgan fingerprint density at radius 2 is 1.69 bits per heavy atom. The van der Waals surface area contributed by atoms with Gasteiger partial charge >= 0.3 is 0 Å². The highest BCUT2D eigenvalue weighted by molar-refractivity contribution is 6.38. The third-order valence-electron chi connectivity index (χ3n) is 8.24. The van der Waals surface area contributed by atoms with Gasteiger partial charge in [0.1, 0.15) is 11.4 Å². The van der Waals surface area contributed by atoms with Gasteiger partial charge in [0, 0.05) is 16.6 Å². The second-order valence-electron chi connectivity index (χ2n) is 10.9. The van der Waals surface area contributed by atoms with Gasteiger partial charge in [-0.3, -0.25) is 24.3 Å². The highest BCUT2D eigenvalue weighted by atomic mass is 35.5. The quantitative estimate of drug-likeness (QED) is 0.355. The van der Waals surface area contributed by atoms with Crippen LogP contribution in [-0.2, 0) is 15.1 Å². The van der Waals surface area contributed by atoms with Crippen LogP contribution in [0.15, 0.2) is 71.5 Å². The lowest BCUT2D eigenvalue weighted by Crippen LogP contribution is -2.50. The number of halogens is 2. The van der Waals surface area contributed by atoms with Crippen LogP contribution in [-0.4, -0.2) is 27.4 Å². The fourth-order valence-corrected chi connectivity index (χ4v) is 7.19. The number of amides is 2. The van der Waals surface area contributed by atoms with E-state index in [9.17, 15) is 14.4 Å². The van der Waals surface area contributed by atoms with Crippen molar-refractivity contribution in [3.05, 3.63) is 98.5 Å². The molecule has 2 saturated heterocycles. The molecular formula is C30H24Cl2N4O3. The van der Waals surface area contributed by atoms with E-state index in [0.717, 1.165) is 5.56 Å². The number of para-hydroxylation sites is 2. The fraction of sp³-hybridized carbons (Fsp3) is 0.267. The van der Waals surface area contributed by atoms with Gasteiger partial charge in [-0.1, -0.05) is 67.4 Å². The van der Waals surface area contributed by atoms with Crippen molar-refractivity contribution in [1.29, 1.82) is 0 Å². The first-order chi connectivity index (χ1) is 18.7. The molecule has 7 nitrogen and oxygen atoms in total. The summed E-state index contributed by atoms with van der Waals surface area (Å²) in [6, 6.07) is 19.1. The first-order valence-corrected chi connectivity index (χ1v) is 13.7. The molecule has 0 unspecified atom stereocenters. The summed E-state index contributed by atoms with van der Waals surface area (Å²) in [6.45, 7) is 4.17. The Morgan fingerprint density at radius 1 is 0.949 bits per heavy atom. The summed E-state index contributed by atoms with van der Waals surface area (Å²) in [5, 5.41) is 4.83. The second-order valence-corrected chi connectivity index (χ2v) is 11.8. The van der Waals surface area contributed by atoms with Crippen molar-refractivity contribution in [2.75, 3.05) is 4.90 Å². The Kier molecular flexibility index (Phi) is 5.34. The molecule has 0 aliphatic carbocycles. The Labute approximate surface area is 234 Å². The molecule has 0 saturated carbocycles. The highest BCUT2D eigenvalue weighted by Crippen LogP contribution is 2.56. The minimum absolute atomic E-state index is 0.211. The van der Waals surface area contributed by atoms with Gasteiger partial charge in [0.15, 0.2) is 0 Å². The molecule has 4 atom stereocenters. The fourth-order valence-electron chi connectivity index (χ4n) is 6.82. The predicted octanol–water partition coefficient (Wildman–Crippen LogP) is 5.07. The third-order valence-corrected chi connectivity index (χ3v) is 8.79. The maximum Gasteiger partial charge on any atom is 0.266 e. The van der Waals surface area contributed by atoms with Crippen LogP contribution in [0.5, 0.6) is 0 Å². The average molecular weight is 559 g/mol. The molecule has 9 heteroatoms. The van der Waals surface area contributed by atoms with Crippen molar-refractivity contribution in [2.24, 2.45) is 17.8 Å². The molecule has 2 amide bonds. The number of nitrogens with one attached hydrogen (secondary N) is 1. The molecule has 4 heterocycles. The number of hydrogen-bond acceptors (Lipinski definition) is 5. The lowest BCUT2D eigenvalue weighted by atomic mass is 9.75. The molecule has 0 bridgehead atoms. The average Bonchev–Trinajstić information content (AvgIpc) is 3.48. The zero-order valence-electron chi connectivity index (χ0n) is 21.2. The van der Waals surface area contributed by atoms with E-state index in [4.69, 9.17) is 28.2 Å². The first-order valence-electron chi connectivity index (χ1n) is 13.0. The summed E-state index contributed by atoms with van der Waals surface area (Å²) >= 11 is 12.8. The van der Waals surface area contributed by atoms with Gasteiger partial charge in [-0.15, -0.1) is 0 Å². The zero-order chi connectivity index (χ0) is 27.2. The van der Waals surface area contributed by atoms with E-state index in [0.29, 0.717) is 33.9 Å². The molecule has 39 heavy (non-hydrogen) atoms. The standard InChI is InChI=1S/C30H24Cl2N4O3/c1-15(2)13-21-24-25(28(39)35(27(24)38)23-14-16(31)11-12-19(23)32)30(34-21)18-8-4-6-10-22(18)36-26(37)17-7-3-5-9-20(17)33-29(30)36/h3-12,14-15,21,24-25,34H,13H2,1-2H3/t21-,24+,25-,30-/m1/s1. The van der Waals surface area contributed by atoms with Gasteiger partial charge in [-0.25, -0.2) is 9.88 Å². The third kappa shape index (κ3) is 3.21. The number of carbonyl (C=O) groups is 2. The van der Waals surface area contributed by atoms with Gasteiger partial charge in [0.2, 0.25) is 11.8 Å². The van der Waals surface area contributed by atoms with Crippen LogP contribution in [0.2, 0.25) is 10.0 Å². The smallest absolute Gasteiger partial charge is 0.266 e. The molecule has 0 radical (unpaired) electrons. The Hall–Kier alpha value is -3.52. The topological polar surface area (TPSA) is 84.3 Å². The maximum absolute atomic E-state index is 14.5. The number of nitrogens with zero attached hydrogens (tertiary/aromatic N) is 3. The van der Waals surface area contributed by atoms with Gasteiger partial charge in [0.05, 0.1) is 39.1 Å². The largest absolute Gasteiger partial charge is 0.297 e. The summed E-state index contributed by atoms with van der Waals surface area (Å²) in [6.07, 6.45) is 0.652. The normalized spacial score (nSPS) is 25.2. The lowest BCUT2D eigenvalue weighted by Gasteiger charge is -2.32. The van der Waals surface area contributed by atoms with E-state index in [1.165, 1.54) is 4.90 Å². The number of fused-ring (bicyclic) bond motifs is 8. The van der Waals surface area contributed by atoms with Crippen LogP contribution in [0.3, 0.4) is 0 Å². The van der Waals surface area contributed by atoms with Crippen molar-refractivity contribution in [2.45, 2.75) is 31.8 Å². The molecule has 1 N–H and O–H groups in total. The molecule has 1 spiro atoms. The summed E-state index contributed by atoms with van der Waals surface area (Å²) in [7, 11) is 0. The summed E-state index contributed by atoms with van der Waals surface area (Å²) in [5.41, 5.74) is 0.826. The summed E-state index contributed by atoms with van der Waals surface area (Å²) in [5.74, 6) is -1.58. The second kappa shape index (κ2) is 8.49. The van der Waals surface area contributed by atoms with Crippen LogP contribution in [0.1, 0.15) is 31.7 Å². The van der Waals surface area contributed by atoms with Crippen LogP contribution >= 0.6 is 23.2 Å². The van der Waals surface area contributed by atoms with Crippen molar-refractivity contribution in [1.82, 2.24) is 14.9 Å². The predicted molar refractivity (Wildman–Crippen MR) is 150 cm³/mol. The van der Waals surface area contributed by atoms with Crippen LogP contribution in [0.4, 0.5) is 5.69 Å². The highest BCUT2D eigenvalue weighted by Gasteiger charge is 2.69. The van der Waals surface area contributed by atoms with Crippen LogP contribution in [0, 0.1) is 17.8 Å². The molecule has 2 fully saturated rings. The van der Waals surface area contributed by atoms with E-state index in [-0.39, 0.29) is 34.1 Å². The summed E-state index contributed by atoms with van der Waals surface area (Å²) < 4.78 is 1.60. The molecular weight excluding hydrogens is 535 g/mol. The molecule has 3 aromatic carbocycles. The van der Waals surface area contributed by atoms with E-state index >= 15 is 0 Å². The molecule has 7 rings (SSSR count). The Bertz CT molecular complexity index is 1780. The number of benzene rings is 3. The van der Waals surface area contributed by atoms with Gasteiger partial charge in [-0.2, -0.15) is 0 Å². The number of imide groups is 1. The molecule has 1 aromatic heterocycles. The first kappa shape index (κ1) is 24.5. The van der Waals surface area contributed by atoms with Crippen molar-refractivity contribution >= 4 is 51.6 Å². The lowest BCUT2D eigenvalue weighted by molar-refractivity contribution is -0.123. The maximum atomic E-state index is 14.5. The van der Waals surface area contributed by atoms with Crippen molar-refractivity contribution < 1.29 is 9.59 Å². The molecule has 4 aromatic rings. The van der Waals surface area contributed by atoms with E-state index < -0.39 is 23.3 Å². The molecule has 3 aliphatic rings.